The van der Waals surface area contributed by atoms with Gasteiger partial charge in [0.2, 0.25) is 10.0 Å². The van der Waals surface area contributed by atoms with E-state index in [1.807, 2.05) is 32.1 Å². The van der Waals surface area contributed by atoms with E-state index in [2.05, 4.69) is 15.9 Å². The second-order valence-electron chi connectivity index (χ2n) is 8.35. The lowest BCUT2D eigenvalue weighted by atomic mass is 9.96. The Hall–Kier alpha value is -2.10. The first-order valence-electron chi connectivity index (χ1n) is 10.5. The van der Waals surface area contributed by atoms with Gasteiger partial charge in [-0.15, -0.1) is 0 Å². The number of cyclic esters (lactones) is 1. The summed E-state index contributed by atoms with van der Waals surface area (Å²) in [6.07, 6.45) is 8.01. The SMILES string of the molecule is COc1cc(C)c(S(=O)(=O)N2CCC(N3C(=O)OC=C4C=C(Br)C=CC43)CC2)c(C)c1C. The number of aryl methyl sites for hydroxylation is 1. The van der Waals surface area contributed by atoms with E-state index in [9.17, 15) is 13.2 Å². The Labute approximate surface area is 197 Å². The smallest absolute Gasteiger partial charge is 0.415 e. The van der Waals surface area contributed by atoms with Crippen molar-refractivity contribution in [2.24, 2.45) is 0 Å². The number of hydrogen-bond acceptors (Lipinski definition) is 5. The third kappa shape index (κ3) is 3.91. The normalized spacial score (nSPS) is 22.2. The number of piperidine rings is 1. The van der Waals surface area contributed by atoms with Crippen LogP contribution in [0.3, 0.4) is 0 Å². The summed E-state index contributed by atoms with van der Waals surface area (Å²) in [5.41, 5.74) is 3.11. The third-order valence-corrected chi connectivity index (χ3v) is 9.19. The van der Waals surface area contributed by atoms with Crippen LogP contribution < -0.4 is 4.74 Å². The largest absolute Gasteiger partial charge is 0.496 e. The van der Waals surface area contributed by atoms with Crippen molar-refractivity contribution in [2.45, 2.75) is 50.6 Å². The van der Waals surface area contributed by atoms with Gasteiger partial charge in [0.25, 0.3) is 0 Å². The summed E-state index contributed by atoms with van der Waals surface area (Å²) in [4.78, 5) is 14.7. The number of nitrogens with zero attached hydrogens (tertiary/aromatic N) is 2. The molecule has 172 valence electrons. The Bertz CT molecular complexity index is 1150. The van der Waals surface area contributed by atoms with Gasteiger partial charge < -0.3 is 9.47 Å². The van der Waals surface area contributed by atoms with Gasteiger partial charge in [-0.2, -0.15) is 4.31 Å². The highest BCUT2D eigenvalue weighted by molar-refractivity contribution is 9.11. The molecule has 1 saturated heterocycles. The number of halogens is 1. The van der Waals surface area contributed by atoms with Crippen molar-refractivity contribution in [1.82, 2.24) is 9.21 Å². The average Bonchev–Trinajstić information content (AvgIpc) is 2.76. The monoisotopic (exact) mass is 522 g/mol. The molecule has 1 unspecified atom stereocenters. The maximum absolute atomic E-state index is 13.5. The van der Waals surface area contributed by atoms with Crippen molar-refractivity contribution in [2.75, 3.05) is 20.2 Å². The molecule has 9 heteroatoms. The molecule has 2 aliphatic heterocycles. The summed E-state index contributed by atoms with van der Waals surface area (Å²) in [7, 11) is -2.08. The van der Waals surface area contributed by atoms with Crippen molar-refractivity contribution in [3.05, 3.63) is 57.3 Å². The van der Waals surface area contributed by atoms with Crippen LogP contribution in [-0.4, -0.2) is 56.0 Å². The lowest BCUT2D eigenvalue weighted by Gasteiger charge is -2.42. The molecular weight excluding hydrogens is 496 g/mol. The van der Waals surface area contributed by atoms with Gasteiger partial charge in [-0.1, -0.05) is 22.0 Å². The zero-order valence-electron chi connectivity index (χ0n) is 18.6. The first-order chi connectivity index (χ1) is 15.1. The molecule has 0 radical (unpaired) electrons. The minimum atomic E-state index is -3.67. The molecule has 1 aromatic rings. The first-order valence-corrected chi connectivity index (χ1v) is 12.8. The molecule has 3 aliphatic rings. The van der Waals surface area contributed by atoms with E-state index >= 15 is 0 Å². The summed E-state index contributed by atoms with van der Waals surface area (Å²) in [5.74, 6) is 0.686. The van der Waals surface area contributed by atoms with Gasteiger partial charge in [-0.05, 0) is 68.5 Å². The zero-order chi connectivity index (χ0) is 23.2. The molecule has 1 aromatic carbocycles. The minimum Gasteiger partial charge on any atom is -0.496 e. The maximum Gasteiger partial charge on any atom is 0.415 e. The minimum absolute atomic E-state index is 0.0997. The van der Waals surface area contributed by atoms with E-state index in [0.717, 1.165) is 15.6 Å². The number of methoxy groups -OCH3 is 1. The number of rotatable bonds is 4. The lowest BCUT2D eigenvalue weighted by molar-refractivity contribution is 0.0808. The second kappa shape index (κ2) is 8.68. The molecule has 0 saturated carbocycles. The Balaban J connectivity index is 1.54. The quantitative estimate of drug-likeness (QED) is 0.588. The highest BCUT2D eigenvalue weighted by Crippen LogP contribution is 2.35. The van der Waals surface area contributed by atoms with E-state index in [0.29, 0.717) is 47.7 Å². The molecule has 0 spiro atoms. The van der Waals surface area contributed by atoms with Crippen LogP contribution in [0.2, 0.25) is 0 Å². The number of allylic oxidation sites excluding steroid dienone is 2. The van der Waals surface area contributed by atoms with E-state index in [4.69, 9.17) is 9.47 Å². The number of carbonyl (C=O) groups excluding carboxylic acids is 1. The maximum atomic E-state index is 13.5. The number of fused-ring (bicyclic) bond motifs is 1. The predicted molar refractivity (Wildman–Crippen MR) is 125 cm³/mol. The summed E-state index contributed by atoms with van der Waals surface area (Å²) < 4.78 is 40.2. The fraction of sp³-hybridized carbons (Fsp3) is 0.435. The van der Waals surface area contributed by atoms with Crippen LogP contribution in [0.1, 0.15) is 29.5 Å². The van der Waals surface area contributed by atoms with Gasteiger partial charge in [0.15, 0.2) is 0 Å². The van der Waals surface area contributed by atoms with Crippen molar-refractivity contribution in [3.63, 3.8) is 0 Å². The molecule has 0 bridgehead atoms. The van der Waals surface area contributed by atoms with Gasteiger partial charge in [-0.25, -0.2) is 13.2 Å². The number of amides is 1. The van der Waals surface area contributed by atoms with Gasteiger partial charge in [0.05, 0.1) is 18.0 Å². The molecule has 2 heterocycles. The zero-order valence-corrected chi connectivity index (χ0v) is 21.0. The van der Waals surface area contributed by atoms with E-state index in [1.165, 1.54) is 10.6 Å². The Kier molecular flexibility index (Phi) is 6.26. The van der Waals surface area contributed by atoms with Crippen molar-refractivity contribution >= 4 is 32.0 Å². The fourth-order valence-corrected chi connectivity index (χ4v) is 7.11. The van der Waals surface area contributed by atoms with E-state index in [1.54, 1.807) is 25.0 Å². The molecular formula is C23H27BrN2O5S. The van der Waals surface area contributed by atoms with Crippen molar-refractivity contribution in [3.8, 4) is 5.75 Å². The van der Waals surface area contributed by atoms with Crippen LogP contribution >= 0.6 is 15.9 Å². The first kappa shape index (κ1) is 23.1. The van der Waals surface area contributed by atoms with Crippen molar-refractivity contribution < 1.29 is 22.7 Å². The fourth-order valence-electron chi connectivity index (χ4n) is 4.73. The molecule has 1 fully saturated rings. The van der Waals surface area contributed by atoms with Gasteiger partial charge in [0.1, 0.15) is 12.0 Å². The average molecular weight is 523 g/mol. The second-order valence-corrected chi connectivity index (χ2v) is 11.1. The third-order valence-electron chi connectivity index (χ3n) is 6.50. The number of benzene rings is 1. The van der Waals surface area contributed by atoms with Crippen LogP contribution in [0.5, 0.6) is 5.75 Å². The van der Waals surface area contributed by atoms with Crippen LogP contribution in [0.15, 0.2) is 45.5 Å². The topological polar surface area (TPSA) is 76.2 Å². The lowest BCUT2D eigenvalue weighted by Crippen LogP contribution is -2.54. The Morgan fingerprint density at radius 3 is 2.50 bits per heavy atom. The van der Waals surface area contributed by atoms with E-state index in [-0.39, 0.29) is 12.1 Å². The molecule has 32 heavy (non-hydrogen) atoms. The van der Waals surface area contributed by atoms with Crippen LogP contribution in [0, 0.1) is 20.8 Å². The van der Waals surface area contributed by atoms with E-state index < -0.39 is 16.1 Å². The van der Waals surface area contributed by atoms with Crippen LogP contribution in [-0.2, 0) is 14.8 Å². The number of ether oxygens (including phenoxy) is 2. The Morgan fingerprint density at radius 1 is 1.16 bits per heavy atom. The highest BCUT2D eigenvalue weighted by Gasteiger charge is 2.40. The molecule has 1 atom stereocenters. The van der Waals surface area contributed by atoms with Gasteiger partial charge >= 0.3 is 6.09 Å². The number of sulfonamides is 1. The molecule has 1 amide bonds. The standard InChI is InChI=1S/C23H27BrN2O5S/c1-14-11-21(30-4)15(2)16(3)22(14)32(28,29)25-9-7-19(8-10-25)26-20-6-5-18(24)12-17(20)13-31-23(26)27/h5-6,11-13,19-20H,7-10H2,1-4H3. The molecule has 4 rings (SSSR count). The summed E-state index contributed by atoms with van der Waals surface area (Å²) in [6, 6.07) is 1.48. The molecule has 0 aromatic heterocycles. The van der Waals surface area contributed by atoms with Crippen molar-refractivity contribution in [1.29, 1.82) is 0 Å². The molecule has 1 aliphatic carbocycles. The summed E-state index contributed by atoms with van der Waals surface area (Å²) >= 11 is 3.45. The van der Waals surface area contributed by atoms with Crippen LogP contribution in [0.25, 0.3) is 0 Å². The predicted octanol–water partition coefficient (Wildman–Crippen LogP) is 4.33. The Morgan fingerprint density at radius 2 is 1.84 bits per heavy atom. The number of hydrogen-bond donors (Lipinski definition) is 0. The summed E-state index contributed by atoms with van der Waals surface area (Å²) in [6.45, 7) is 6.18. The molecule has 7 nitrogen and oxygen atoms in total. The molecule has 0 N–H and O–H groups in total. The van der Waals surface area contributed by atoms with Gasteiger partial charge in [0, 0.05) is 29.2 Å². The highest BCUT2D eigenvalue weighted by atomic mass is 79.9. The number of carbonyl (C=O) groups is 1. The van der Waals surface area contributed by atoms with Gasteiger partial charge in [-0.3, -0.25) is 4.90 Å². The van der Waals surface area contributed by atoms with Crippen LogP contribution in [0.4, 0.5) is 4.79 Å². The summed E-state index contributed by atoms with van der Waals surface area (Å²) in [5, 5.41) is 0.